The Labute approximate surface area is 730 Å². The number of aliphatic carboxylic acids is 1. The molecule has 10 heterocycles. The average Bonchev–Trinajstić information content (AvgIpc) is 1.71. The highest BCUT2D eigenvalue weighted by Gasteiger charge is 2.47. The zero-order valence-corrected chi connectivity index (χ0v) is 74.5. The zero-order chi connectivity index (χ0) is 89.0. The predicted octanol–water partition coefficient (Wildman–Crippen LogP) is 18.4. The molecule has 8 aliphatic heterocycles. The minimum absolute atomic E-state index is 0. The number of carbonyl (C=O) groups excluding carboxylic acids is 7. The van der Waals surface area contributed by atoms with Crippen LogP contribution in [0.5, 0.6) is 11.5 Å². The topological polar surface area (TPSA) is 353 Å². The number of H-pyrrole nitrogens is 2. The molecule has 8 aliphatic rings. The van der Waals surface area contributed by atoms with E-state index in [0.717, 1.165) is 174 Å². The van der Waals surface area contributed by atoms with Crippen LogP contribution in [0.2, 0.25) is 0 Å². The number of ether oxygens (including phenoxy) is 7. The third kappa shape index (κ3) is 18.9. The molecule has 0 saturated carbocycles. The van der Waals surface area contributed by atoms with Crippen LogP contribution in [0.1, 0.15) is 216 Å². The van der Waals surface area contributed by atoms with E-state index in [1.54, 1.807) is 13.8 Å². The number of hydrogen-bond acceptors (Lipinski definition) is 19. The number of aromatic nitrogens is 4. The summed E-state index contributed by atoms with van der Waals surface area (Å²) in [4.78, 5) is 134. The standard InChI is InChI=1S/C46H55N7O7.C42H49N5O5.C7H13NO4.CH4/c1-23(2)40(50-45(56)58-7)43(54)52-25(5)9-15-37(52)35-19-32-31-20-39-33(18-27(31)12-14-34(32)48-35)30-13-11-28(17-29(30)22-60-39)36-21-47-42(49-36)38-16-10-26(6)53(38)44(55)41(24(3)4)51-46(57)59-8;1-23-9-15-35(46(23)39(48)51-41(3,4)5)33-19-30-29-20-37-31(18-25(29)12-14-32(30)44-33)28-13-11-26(17-27(28)22-50-37)34-21-43-38(45-34)36-16-10-24(2)47(36)40(49)52-42(6,7)8;1-4(2)5(6(9)10)8-7(11)12-3;/h11-14,17-18,20-21,23-26,37-38,40-41H,9-10,15-16,19,22H2,1-8H3,(H,47,49)(H,50,56)(H,51,57);11-14,17-18,20-21,23-24,35-36H,9-10,15-16,19,22H2,1-8H3,(H,43,45);4-5H,1-3H3,(H,8,11)(H,9,10);1H4/t25-,26-,37-,38-,40-,41-;23-,24-,35-,36-;5-;/m000./s1. The summed E-state index contributed by atoms with van der Waals surface area (Å²) in [7, 11) is 3.79. The number of alkyl carbamates (subject to hydrolysis) is 3. The number of carboxylic acids is 1. The molecule has 2 aromatic heterocycles. The van der Waals surface area contributed by atoms with Crippen molar-refractivity contribution >= 4 is 92.6 Å². The van der Waals surface area contributed by atoms with E-state index in [-0.39, 0.29) is 97.5 Å². The van der Waals surface area contributed by atoms with Crippen molar-refractivity contribution in [2.24, 2.45) is 27.7 Å². The van der Waals surface area contributed by atoms with Crippen LogP contribution < -0.4 is 25.4 Å². The van der Waals surface area contributed by atoms with Crippen molar-refractivity contribution in [2.45, 2.75) is 273 Å². The molecule has 4 saturated heterocycles. The smallest absolute Gasteiger partial charge is 0.411 e. The molecule has 666 valence electrons. The molecule has 8 aromatic rings. The van der Waals surface area contributed by atoms with Crippen LogP contribution in [-0.2, 0) is 64.1 Å². The van der Waals surface area contributed by atoms with E-state index in [4.69, 9.17) is 53.5 Å². The predicted molar refractivity (Wildman–Crippen MR) is 479 cm³/mol. The zero-order valence-electron chi connectivity index (χ0n) is 74.5. The van der Waals surface area contributed by atoms with Gasteiger partial charge in [0, 0.05) is 59.6 Å². The van der Waals surface area contributed by atoms with Gasteiger partial charge in [-0.2, -0.15) is 0 Å². The fourth-order valence-corrected chi connectivity index (χ4v) is 18.6. The van der Waals surface area contributed by atoms with Gasteiger partial charge in [0.2, 0.25) is 11.8 Å². The summed E-state index contributed by atoms with van der Waals surface area (Å²) in [6.07, 6.45) is 9.25. The van der Waals surface area contributed by atoms with Gasteiger partial charge in [0.1, 0.15) is 65.7 Å². The van der Waals surface area contributed by atoms with Crippen molar-refractivity contribution in [1.29, 1.82) is 0 Å². The minimum atomic E-state index is -1.06. The van der Waals surface area contributed by atoms with Gasteiger partial charge >= 0.3 is 36.4 Å². The number of carboxylic acid groups (broad SMARTS) is 1. The first-order valence-corrected chi connectivity index (χ1v) is 43.3. The summed E-state index contributed by atoms with van der Waals surface area (Å²) in [6.45, 7) is 31.6. The number of amides is 7. The number of fused-ring (bicyclic) bond motifs is 12. The average molecular weight is 1710 g/mol. The van der Waals surface area contributed by atoms with Crippen LogP contribution in [0, 0.1) is 17.8 Å². The van der Waals surface area contributed by atoms with Gasteiger partial charge in [0.05, 0.1) is 80.7 Å². The normalized spacial score (nSPS) is 20.9. The Kier molecular flexibility index (Phi) is 26.6. The number of nitrogens with one attached hydrogen (secondary N) is 5. The van der Waals surface area contributed by atoms with Crippen molar-refractivity contribution in [3.63, 3.8) is 0 Å². The number of rotatable bonds is 15. The first-order chi connectivity index (χ1) is 58.9. The van der Waals surface area contributed by atoms with Gasteiger partial charge in [0.25, 0.3) is 0 Å². The maximum Gasteiger partial charge on any atom is 0.411 e. The second-order valence-corrected chi connectivity index (χ2v) is 37.0. The largest absolute Gasteiger partial charge is 0.488 e. The summed E-state index contributed by atoms with van der Waals surface area (Å²) < 4.78 is 38.3. The molecule has 16 rings (SSSR count). The van der Waals surface area contributed by atoms with Crippen LogP contribution >= 0.6 is 0 Å². The lowest BCUT2D eigenvalue weighted by Crippen LogP contribution is -2.55. The van der Waals surface area contributed by atoms with Crippen molar-refractivity contribution in [3.05, 3.63) is 131 Å². The number of methoxy groups -OCH3 is 3. The fourth-order valence-electron chi connectivity index (χ4n) is 18.6. The first-order valence-electron chi connectivity index (χ1n) is 43.3. The highest BCUT2D eigenvalue weighted by Crippen LogP contribution is 2.49. The quantitative estimate of drug-likeness (QED) is 0.0519. The molecule has 29 heteroatoms. The van der Waals surface area contributed by atoms with Gasteiger partial charge < -0.3 is 74.0 Å². The number of imidazole rings is 2. The summed E-state index contributed by atoms with van der Waals surface area (Å²) in [5.41, 5.74) is 15.3. The van der Waals surface area contributed by atoms with E-state index in [1.807, 2.05) is 108 Å². The van der Waals surface area contributed by atoms with E-state index < -0.39 is 53.6 Å². The van der Waals surface area contributed by atoms with Crippen LogP contribution in [0.15, 0.2) is 107 Å². The minimum Gasteiger partial charge on any atom is -0.488 e. The molecule has 11 atom stereocenters. The Morgan fingerprint density at radius 2 is 0.808 bits per heavy atom. The van der Waals surface area contributed by atoms with Crippen LogP contribution in [0.25, 0.3) is 66.3 Å². The van der Waals surface area contributed by atoms with Gasteiger partial charge in [-0.15, -0.1) is 0 Å². The Bertz CT molecular complexity index is 5540. The molecule has 6 N–H and O–H groups in total. The highest BCUT2D eigenvalue weighted by molar-refractivity contribution is 6.08. The molecule has 0 bridgehead atoms. The maximum absolute atomic E-state index is 14.0. The maximum atomic E-state index is 14.0. The number of benzene rings is 6. The molecule has 29 nitrogen and oxygen atoms in total. The van der Waals surface area contributed by atoms with Gasteiger partial charge in [-0.05, 0) is 253 Å². The highest BCUT2D eigenvalue weighted by atomic mass is 16.6. The van der Waals surface area contributed by atoms with E-state index in [1.165, 1.54) is 26.9 Å². The molecule has 0 aliphatic carbocycles. The Hall–Kier alpha value is -12.0. The van der Waals surface area contributed by atoms with Gasteiger partial charge in [0.15, 0.2) is 0 Å². The van der Waals surface area contributed by atoms with Crippen molar-refractivity contribution in [3.8, 4) is 56.3 Å². The van der Waals surface area contributed by atoms with E-state index in [2.05, 4.69) is 136 Å². The van der Waals surface area contributed by atoms with Gasteiger partial charge in [-0.25, -0.2) is 38.7 Å². The summed E-state index contributed by atoms with van der Waals surface area (Å²) >= 11 is 0. The molecular weight excluding hydrogens is 1590 g/mol. The molecule has 0 unspecified atom stereocenters. The van der Waals surface area contributed by atoms with E-state index >= 15 is 0 Å². The first kappa shape index (κ1) is 90.7. The monoisotopic (exact) mass is 1710 g/mol. The second kappa shape index (κ2) is 36.6. The second-order valence-electron chi connectivity index (χ2n) is 37.0. The van der Waals surface area contributed by atoms with Crippen molar-refractivity contribution in [2.75, 3.05) is 21.3 Å². The summed E-state index contributed by atoms with van der Waals surface area (Å²) in [5, 5.41) is 20.8. The molecule has 0 spiro atoms. The van der Waals surface area contributed by atoms with E-state index in [0.29, 0.717) is 31.9 Å². The summed E-state index contributed by atoms with van der Waals surface area (Å²) in [5.74, 6) is 1.44. The van der Waals surface area contributed by atoms with Crippen molar-refractivity contribution in [1.82, 2.24) is 55.5 Å². The number of hydrogen-bond donors (Lipinski definition) is 6. The third-order valence-electron chi connectivity index (χ3n) is 25.0. The molecule has 4 fully saturated rings. The Balaban J connectivity index is 0.000000189. The van der Waals surface area contributed by atoms with Crippen LogP contribution in [0.3, 0.4) is 0 Å². The van der Waals surface area contributed by atoms with Crippen LogP contribution in [-0.4, -0.2) is 191 Å². The molecule has 0 radical (unpaired) electrons. The van der Waals surface area contributed by atoms with Crippen molar-refractivity contribution < 1.29 is 76.6 Å². The number of carbonyl (C=O) groups is 8. The SMILES string of the molecule is C.COC(=O)N[C@H](C(=O)N1[C@@H](C)CC[C@H]1C1=Nc2ccc3cc4c(cc3c2C1)OCc1cc(-c2cnc([C@@H]3CC[C@H](C)N3C(=O)[C@@H](NC(=O)OC)C(C)C)[nH]2)ccc1-4)C(C)C.COC(=O)N[C@H](C(=O)O)C(C)C.C[C@H]1CC[C@@H](C2=Nc3ccc4cc5c(cc4c3C2)OCc2cc(-c3cnc([C@@H]4CC[C@H](C)N4C(=O)OC(C)(C)C)[nH]3)ccc2-5)N1C(=O)OC(C)(C)C. The third-order valence-corrected chi connectivity index (χ3v) is 25.0. The van der Waals surface area contributed by atoms with Crippen LogP contribution in [0.4, 0.5) is 35.3 Å². The lowest BCUT2D eigenvalue weighted by atomic mass is 9.90. The number of likely N-dealkylation sites (tertiary alicyclic amines) is 4. The van der Waals surface area contributed by atoms with Gasteiger partial charge in [-0.3, -0.25) is 29.4 Å². The number of nitrogens with zero attached hydrogens (tertiary/aromatic N) is 8. The Morgan fingerprint density at radius 1 is 0.456 bits per heavy atom. The lowest BCUT2D eigenvalue weighted by Gasteiger charge is -2.33. The van der Waals surface area contributed by atoms with Gasteiger partial charge in [-0.1, -0.05) is 85.4 Å². The lowest BCUT2D eigenvalue weighted by molar-refractivity contribution is -0.140. The fraction of sp³-hybridized carbons (Fsp3) is 0.500. The van der Waals surface area contributed by atoms with E-state index in [9.17, 15) is 38.4 Å². The Morgan fingerprint density at radius 3 is 1.18 bits per heavy atom. The molecule has 125 heavy (non-hydrogen) atoms. The summed E-state index contributed by atoms with van der Waals surface area (Å²) in [6, 6.07) is 27.2. The molecule has 6 aromatic carbocycles. The molecule has 7 amide bonds. The molecular formula is C96H121N13O16. The number of aliphatic imine (C=N–C) groups is 2. The number of aromatic amines is 2.